The van der Waals surface area contributed by atoms with E-state index in [4.69, 9.17) is 5.73 Å². The molecule has 0 bridgehead atoms. The lowest BCUT2D eigenvalue weighted by atomic mass is 10.1. The number of benzene rings is 1. The van der Waals surface area contributed by atoms with Crippen molar-refractivity contribution in [1.82, 2.24) is 4.90 Å². The Bertz CT molecular complexity index is 508. The number of para-hydroxylation sites is 1. The molecule has 1 unspecified atom stereocenters. The van der Waals surface area contributed by atoms with Crippen LogP contribution in [0.5, 0.6) is 0 Å². The van der Waals surface area contributed by atoms with Crippen molar-refractivity contribution in [3.05, 3.63) is 29.8 Å². The molecule has 0 saturated carbocycles. The number of aryl methyl sites for hydroxylation is 1. The fourth-order valence-electron chi connectivity index (χ4n) is 2.28. The van der Waals surface area contributed by atoms with Crippen LogP contribution >= 0.6 is 12.4 Å². The molecule has 1 atom stereocenters. The van der Waals surface area contributed by atoms with E-state index in [2.05, 4.69) is 5.32 Å². The maximum Gasteiger partial charge on any atom is 0.244 e. The quantitative estimate of drug-likeness (QED) is 0.763. The van der Waals surface area contributed by atoms with Crippen molar-refractivity contribution < 1.29 is 9.59 Å². The Balaban J connectivity index is 0.00000484. The van der Waals surface area contributed by atoms with Crippen molar-refractivity contribution in [2.24, 2.45) is 5.73 Å². The standard InChI is InChI=1S/C17H27N3O2.ClH/c1-4-8-14(18)17(22)20(11-5-2)12-16(21)19-15-10-7-6-9-13(15)3;/h6-7,9-10,14H,4-5,8,11-12,18H2,1-3H3,(H,19,21);1H. The zero-order chi connectivity index (χ0) is 16.5. The van der Waals surface area contributed by atoms with Gasteiger partial charge in [0.05, 0.1) is 12.6 Å². The molecule has 23 heavy (non-hydrogen) atoms. The van der Waals surface area contributed by atoms with Gasteiger partial charge in [0.15, 0.2) is 0 Å². The molecule has 6 heteroatoms. The molecule has 5 nitrogen and oxygen atoms in total. The topological polar surface area (TPSA) is 75.4 Å². The lowest BCUT2D eigenvalue weighted by Gasteiger charge is -2.24. The molecule has 0 aliphatic carbocycles. The second-order valence-corrected chi connectivity index (χ2v) is 5.52. The highest BCUT2D eigenvalue weighted by Crippen LogP contribution is 2.13. The summed E-state index contributed by atoms with van der Waals surface area (Å²) >= 11 is 0. The summed E-state index contributed by atoms with van der Waals surface area (Å²) in [5.41, 5.74) is 7.65. The molecule has 0 spiro atoms. The first kappa shape index (κ1) is 21.4. The van der Waals surface area contributed by atoms with E-state index in [9.17, 15) is 9.59 Å². The van der Waals surface area contributed by atoms with Crippen LogP contribution in [0.3, 0.4) is 0 Å². The molecule has 1 rings (SSSR count). The summed E-state index contributed by atoms with van der Waals surface area (Å²) in [5, 5.41) is 2.85. The number of hydrogen-bond acceptors (Lipinski definition) is 3. The van der Waals surface area contributed by atoms with Crippen LogP contribution < -0.4 is 11.1 Å². The van der Waals surface area contributed by atoms with Crippen molar-refractivity contribution in [3.8, 4) is 0 Å². The van der Waals surface area contributed by atoms with Crippen molar-refractivity contribution in [1.29, 1.82) is 0 Å². The van der Waals surface area contributed by atoms with Crippen molar-refractivity contribution in [2.75, 3.05) is 18.4 Å². The van der Waals surface area contributed by atoms with Crippen molar-refractivity contribution in [3.63, 3.8) is 0 Å². The summed E-state index contributed by atoms with van der Waals surface area (Å²) in [6.07, 6.45) is 2.28. The summed E-state index contributed by atoms with van der Waals surface area (Å²) in [7, 11) is 0. The zero-order valence-corrected chi connectivity index (χ0v) is 15.0. The third-order valence-corrected chi connectivity index (χ3v) is 3.48. The van der Waals surface area contributed by atoms with Crippen LogP contribution in [0, 0.1) is 6.92 Å². The largest absolute Gasteiger partial charge is 0.332 e. The highest BCUT2D eigenvalue weighted by molar-refractivity contribution is 5.95. The molecule has 0 fully saturated rings. The molecular formula is C17H28ClN3O2. The van der Waals surface area contributed by atoms with Crippen molar-refractivity contribution >= 4 is 29.9 Å². The molecule has 2 amide bonds. The SMILES string of the molecule is CCCC(N)C(=O)N(CCC)CC(=O)Nc1ccccc1C.Cl. The summed E-state index contributed by atoms with van der Waals surface area (Å²) in [5.74, 6) is -0.344. The number of hydrogen-bond donors (Lipinski definition) is 2. The van der Waals surface area contributed by atoms with Crippen LogP contribution in [0.2, 0.25) is 0 Å². The maximum absolute atomic E-state index is 12.3. The highest BCUT2D eigenvalue weighted by atomic mass is 35.5. The second kappa shape index (κ2) is 11.0. The first-order valence-electron chi connectivity index (χ1n) is 7.89. The van der Waals surface area contributed by atoms with Gasteiger partial charge >= 0.3 is 0 Å². The molecule has 0 aromatic heterocycles. The minimum atomic E-state index is -0.525. The first-order valence-corrected chi connectivity index (χ1v) is 7.89. The number of anilines is 1. The van der Waals surface area contributed by atoms with Gasteiger partial charge in [-0.15, -0.1) is 12.4 Å². The van der Waals surface area contributed by atoms with Gasteiger partial charge in [0.25, 0.3) is 0 Å². The van der Waals surface area contributed by atoms with Crippen molar-refractivity contribution in [2.45, 2.75) is 46.1 Å². The van der Waals surface area contributed by atoms with Gasteiger partial charge < -0.3 is 16.0 Å². The normalized spacial score (nSPS) is 11.3. The van der Waals surface area contributed by atoms with Gasteiger partial charge in [0, 0.05) is 12.2 Å². The molecule has 3 N–H and O–H groups in total. The van der Waals surface area contributed by atoms with Crippen LogP contribution in [0.15, 0.2) is 24.3 Å². The van der Waals surface area contributed by atoms with Crippen LogP contribution in [-0.2, 0) is 9.59 Å². The fraction of sp³-hybridized carbons (Fsp3) is 0.529. The van der Waals surface area contributed by atoms with E-state index in [1.54, 1.807) is 4.90 Å². The van der Waals surface area contributed by atoms with Crippen LogP contribution in [0.25, 0.3) is 0 Å². The monoisotopic (exact) mass is 341 g/mol. The number of halogens is 1. The summed E-state index contributed by atoms with van der Waals surface area (Å²) in [6, 6.07) is 7.04. The Morgan fingerprint density at radius 3 is 2.43 bits per heavy atom. The smallest absolute Gasteiger partial charge is 0.244 e. The van der Waals surface area contributed by atoms with E-state index in [1.165, 1.54) is 0 Å². The summed E-state index contributed by atoms with van der Waals surface area (Å²) in [4.78, 5) is 26.0. The zero-order valence-electron chi connectivity index (χ0n) is 14.2. The van der Waals surface area contributed by atoms with Crippen LogP contribution in [0.1, 0.15) is 38.7 Å². The van der Waals surface area contributed by atoms with E-state index in [1.807, 2.05) is 45.0 Å². The fourth-order valence-corrected chi connectivity index (χ4v) is 2.28. The molecular weight excluding hydrogens is 314 g/mol. The molecule has 0 saturated heterocycles. The van der Waals surface area contributed by atoms with Gasteiger partial charge in [-0.2, -0.15) is 0 Å². The summed E-state index contributed by atoms with van der Waals surface area (Å²) in [6.45, 7) is 6.48. The number of carbonyl (C=O) groups is 2. The predicted octanol–water partition coefficient (Wildman–Crippen LogP) is 2.72. The van der Waals surface area contributed by atoms with Gasteiger partial charge in [-0.3, -0.25) is 9.59 Å². The lowest BCUT2D eigenvalue weighted by molar-refractivity contribution is -0.136. The molecule has 0 heterocycles. The average molecular weight is 342 g/mol. The Morgan fingerprint density at radius 2 is 1.87 bits per heavy atom. The van der Waals surface area contributed by atoms with Crippen LogP contribution in [0.4, 0.5) is 5.69 Å². The Hall–Kier alpha value is -1.59. The molecule has 130 valence electrons. The second-order valence-electron chi connectivity index (χ2n) is 5.52. The maximum atomic E-state index is 12.3. The van der Waals surface area contributed by atoms with Gasteiger partial charge in [-0.05, 0) is 31.4 Å². The number of carbonyl (C=O) groups excluding carboxylic acids is 2. The van der Waals surface area contributed by atoms with Gasteiger partial charge in [-0.25, -0.2) is 0 Å². The number of nitrogens with two attached hydrogens (primary N) is 1. The lowest BCUT2D eigenvalue weighted by Crippen LogP contribution is -2.47. The Labute approximate surface area is 145 Å². The van der Waals surface area contributed by atoms with Gasteiger partial charge in [0.1, 0.15) is 0 Å². The van der Waals surface area contributed by atoms with E-state index in [0.717, 1.165) is 24.1 Å². The third kappa shape index (κ3) is 7.01. The third-order valence-electron chi connectivity index (χ3n) is 3.48. The van der Waals surface area contributed by atoms with Gasteiger partial charge in [0.2, 0.25) is 11.8 Å². The van der Waals surface area contributed by atoms with Gasteiger partial charge in [-0.1, -0.05) is 38.5 Å². The molecule has 1 aromatic rings. The first-order chi connectivity index (χ1) is 10.5. The van der Waals surface area contributed by atoms with E-state index >= 15 is 0 Å². The van der Waals surface area contributed by atoms with E-state index in [0.29, 0.717) is 13.0 Å². The minimum absolute atomic E-state index is 0. The van der Waals surface area contributed by atoms with E-state index < -0.39 is 6.04 Å². The molecule has 1 aromatic carbocycles. The molecule has 0 radical (unpaired) electrons. The minimum Gasteiger partial charge on any atom is -0.332 e. The van der Waals surface area contributed by atoms with Crippen LogP contribution in [-0.4, -0.2) is 35.8 Å². The number of nitrogens with zero attached hydrogens (tertiary/aromatic N) is 1. The highest BCUT2D eigenvalue weighted by Gasteiger charge is 2.22. The molecule has 0 aliphatic heterocycles. The number of nitrogens with one attached hydrogen (secondary N) is 1. The summed E-state index contributed by atoms with van der Waals surface area (Å²) < 4.78 is 0. The Kier molecular flexibility index (Phi) is 10.3. The molecule has 0 aliphatic rings. The van der Waals surface area contributed by atoms with E-state index in [-0.39, 0.29) is 30.8 Å². The predicted molar refractivity (Wildman–Crippen MR) is 96.8 cm³/mol. The Morgan fingerprint density at radius 1 is 1.22 bits per heavy atom. The number of amides is 2. The average Bonchev–Trinajstić information content (AvgIpc) is 2.48. The number of rotatable bonds is 8.